The van der Waals surface area contributed by atoms with E-state index in [1.165, 1.54) is 25.6 Å². The number of rotatable bonds is 0. The van der Waals surface area contributed by atoms with Gasteiger partial charge in [0, 0.05) is 25.0 Å². The molecule has 0 unspecified atom stereocenters. The monoisotopic (exact) mass is 346 g/mol. The van der Waals surface area contributed by atoms with Gasteiger partial charge in [-0.25, -0.2) is 0 Å². The maximum Gasteiger partial charge on any atom is 0.0512 e. The van der Waals surface area contributed by atoms with E-state index in [2.05, 4.69) is 52.3 Å². The van der Waals surface area contributed by atoms with Crippen molar-refractivity contribution < 1.29 is 0 Å². The van der Waals surface area contributed by atoms with Crippen molar-refractivity contribution in [1.82, 2.24) is 0 Å². The number of hydrogen-bond donors (Lipinski definition) is 0. The standard InChI is InChI=1S/C16H8BrClS/c17-12-7-8-13(18)14-11-6-5-9-3-1-2-4-10(9)15(11)19-16(12)14/h1-8H. The van der Waals surface area contributed by atoms with E-state index in [-0.39, 0.29) is 0 Å². The van der Waals surface area contributed by atoms with E-state index >= 15 is 0 Å². The van der Waals surface area contributed by atoms with Gasteiger partial charge in [-0.05, 0) is 38.8 Å². The third-order valence-corrected chi connectivity index (χ3v) is 5.92. The van der Waals surface area contributed by atoms with Gasteiger partial charge >= 0.3 is 0 Å². The summed E-state index contributed by atoms with van der Waals surface area (Å²) in [6.45, 7) is 0. The topological polar surface area (TPSA) is 0 Å². The predicted molar refractivity (Wildman–Crippen MR) is 89.5 cm³/mol. The van der Waals surface area contributed by atoms with Gasteiger partial charge < -0.3 is 0 Å². The quantitative estimate of drug-likeness (QED) is 0.335. The Morgan fingerprint density at radius 1 is 0.842 bits per heavy atom. The zero-order chi connectivity index (χ0) is 13.0. The third kappa shape index (κ3) is 1.64. The lowest BCUT2D eigenvalue weighted by Gasteiger charge is -1.99. The number of halogens is 2. The summed E-state index contributed by atoms with van der Waals surface area (Å²) >= 11 is 11.8. The van der Waals surface area contributed by atoms with Crippen LogP contribution in [0.1, 0.15) is 0 Å². The first-order valence-corrected chi connectivity index (χ1v) is 7.92. The fraction of sp³-hybridized carbons (Fsp3) is 0. The molecule has 3 heteroatoms. The van der Waals surface area contributed by atoms with Crippen molar-refractivity contribution in [2.24, 2.45) is 0 Å². The Balaban J connectivity index is 2.35. The highest BCUT2D eigenvalue weighted by molar-refractivity contribution is 9.10. The van der Waals surface area contributed by atoms with Crippen LogP contribution in [0.15, 0.2) is 53.0 Å². The van der Waals surface area contributed by atoms with E-state index < -0.39 is 0 Å². The smallest absolute Gasteiger partial charge is 0.0512 e. The van der Waals surface area contributed by atoms with Crippen LogP contribution in [0.3, 0.4) is 0 Å². The molecule has 0 radical (unpaired) electrons. The Morgan fingerprint density at radius 2 is 1.68 bits per heavy atom. The molecule has 0 saturated carbocycles. The fourth-order valence-electron chi connectivity index (χ4n) is 2.54. The molecule has 0 fully saturated rings. The van der Waals surface area contributed by atoms with Gasteiger partial charge in [-0.2, -0.15) is 0 Å². The largest absolute Gasteiger partial charge is 0.133 e. The normalized spacial score (nSPS) is 11.7. The Hall–Kier alpha value is -1.09. The molecular formula is C16H8BrClS. The summed E-state index contributed by atoms with van der Waals surface area (Å²) < 4.78 is 3.64. The lowest BCUT2D eigenvalue weighted by atomic mass is 10.1. The molecule has 0 saturated heterocycles. The molecule has 4 rings (SSSR count). The zero-order valence-corrected chi connectivity index (χ0v) is 12.9. The molecule has 0 bridgehead atoms. The van der Waals surface area contributed by atoms with Gasteiger partial charge in [0.15, 0.2) is 0 Å². The maximum atomic E-state index is 6.39. The first-order chi connectivity index (χ1) is 9.25. The molecule has 0 spiro atoms. The first kappa shape index (κ1) is 11.7. The molecule has 4 aromatic rings. The second-order valence-corrected chi connectivity index (χ2v) is 6.78. The van der Waals surface area contributed by atoms with Crippen molar-refractivity contribution in [3.63, 3.8) is 0 Å². The summed E-state index contributed by atoms with van der Waals surface area (Å²) in [5.74, 6) is 0. The summed E-state index contributed by atoms with van der Waals surface area (Å²) in [5.41, 5.74) is 0. The zero-order valence-electron chi connectivity index (χ0n) is 9.78. The minimum absolute atomic E-state index is 0.819. The maximum absolute atomic E-state index is 6.39. The highest BCUT2D eigenvalue weighted by Gasteiger charge is 2.12. The molecule has 92 valence electrons. The Labute approximate surface area is 127 Å². The second kappa shape index (κ2) is 4.20. The van der Waals surface area contributed by atoms with Crippen LogP contribution in [0.4, 0.5) is 0 Å². The molecule has 0 atom stereocenters. The summed E-state index contributed by atoms with van der Waals surface area (Å²) in [6, 6.07) is 16.8. The van der Waals surface area contributed by atoms with E-state index in [0.717, 1.165) is 14.9 Å². The number of benzene rings is 3. The predicted octanol–water partition coefficient (Wildman–Crippen LogP) is 6.62. The summed E-state index contributed by atoms with van der Waals surface area (Å²) in [4.78, 5) is 0. The van der Waals surface area contributed by atoms with Crippen molar-refractivity contribution in [2.75, 3.05) is 0 Å². The van der Waals surface area contributed by atoms with Crippen molar-refractivity contribution >= 4 is 69.8 Å². The molecule has 0 aliphatic rings. The average molecular weight is 348 g/mol. The Bertz CT molecular complexity index is 940. The molecule has 1 heterocycles. The van der Waals surface area contributed by atoms with Crippen LogP contribution in [-0.2, 0) is 0 Å². The van der Waals surface area contributed by atoms with Crippen LogP contribution in [0.5, 0.6) is 0 Å². The van der Waals surface area contributed by atoms with Crippen molar-refractivity contribution in [3.8, 4) is 0 Å². The molecule has 0 aliphatic heterocycles. The van der Waals surface area contributed by atoms with Gasteiger partial charge in [0.05, 0.1) is 4.70 Å². The van der Waals surface area contributed by atoms with E-state index in [1.807, 2.05) is 12.1 Å². The van der Waals surface area contributed by atoms with Crippen molar-refractivity contribution in [2.45, 2.75) is 0 Å². The molecule has 19 heavy (non-hydrogen) atoms. The van der Waals surface area contributed by atoms with E-state index in [9.17, 15) is 0 Å². The Morgan fingerprint density at radius 3 is 2.58 bits per heavy atom. The fourth-order valence-corrected chi connectivity index (χ4v) is 4.69. The lowest BCUT2D eigenvalue weighted by Crippen LogP contribution is -1.73. The van der Waals surface area contributed by atoms with Gasteiger partial charge in [0.25, 0.3) is 0 Å². The molecule has 0 nitrogen and oxygen atoms in total. The second-order valence-electron chi connectivity index (χ2n) is 4.50. The van der Waals surface area contributed by atoms with Crippen LogP contribution >= 0.6 is 38.9 Å². The van der Waals surface area contributed by atoms with E-state index in [1.54, 1.807) is 11.3 Å². The third-order valence-electron chi connectivity index (χ3n) is 3.41. The van der Waals surface area contributed by atoms with Gasteiger partial charge in [0.2, 0.25) is 0 Å². The van der Waals surface area contributed by atoms with Crippen LogP contribution in [0, 0.1) is 0 Å². The van der Waals surface area contributed by atoms with Gasteiger partial charge in [0.1, 0.15) is 0 Å². The van der Waals surface area contributed by atoms with Crippen molar-refractivity contribution in [3.05, 3.63) is 58.0 Å². The van der Waals surface area contributed by atoms with Crippen LogP contribution in [-0.4, -0.2) is 0 Å². The van der Waals surface area contributed by atoms with E-state index in [4.69, 9.17) is 11.6 Å². The number of thiophene rings is 1. The van der Waals surface area contributed by atoms with Gasteiger partial charge in [-0.15, -0.1) is 11.3 Å². The minimum Gasteiger partial charge on any atom is -0.133 e. The summed E-state index contributed by atoms with van der Waals surface area (Å²) in [6.07, 6.45) is 0. The summed E-state index contributed by atoms with van der Waals surface area (Å²) in [7, 11) is 0. The molecule has 0 amide bonds. The van der Waals surface area contributed by atoms with Crippen LogP contribution in [0.25, 0.3) is 30.9 Å². The highest BCUT2D eigenvalue weighted by atomic mass is 79.9. The lowest BCUT2D eigenvalue weighted by molar-refractivity contribution is 1.79. The molecular weight excluding hydrogens is 340 g/mol. The van der Waals surface area contributed by atoms with Crippen molar-refractivity contribution in [1.29, 1.82) is 0 Å². The van der Waals surface area contributed by atoms with Gasteiger partial charge in [-0.1, -0.05) is 48.0 Å². The molecule has 3 aromatic carbocycles. The van der Waals surface area contributed by atoms with E-state index in [0.29, 0.717) is 0 Å². The first-order valence-electron chi connectivity index (χ1n) is 5.93. The summed E-state index contributed by atoms with van der Waals surface area (Å²) in [5, 5.41) is 5.78. The molecule has 0 N–H and O–H groups in total. The van der Waals surface area contributed by atoms with Crippen LogP contribution in [0.2, 0.25) is 5.02 Å². The average Bonchev–Trinajstić information content (AvgIpc) is 2.84. The SMILES string of the molecule is Clc1ccc(Br)c2sc3c4ccccc4ccc3c12. The highest BCUT2D eigenvalue weighted by Crippen LogP contribution is 2.44. The van der Waals surface area contributed by atoms with Gasteiger partial charge in [-0.3, -0.25) is 0 Å². The Kier molecular flexibility index (Phi) is 2.59. The molecule has 1 aromatic heterocycles. The molecule has 0 aliphatic carbocycles. The minimum atomic E-state index is 0.819. The number of fused-ring (bicyclic) bond motifs is 5. The van der Waals surface area contributed by atoms with Crippen LogP contribution < -0.4 is 0 Å². The number of hydrogen-bond acceptors (Lipinski definition) is 1.